The first kappa shape index (κ1) is 13.3. The molecule has 1 N–H and O–H groups in total. The van der Waals surface area contributed by atoms with Gasteiger partial charge in [-0.25, -0.2) is 0 Å². The van der Waals surface area contributed by atoms with Gasteiger partial charge in [-0.15, -0.1) is 0 Å². The van der Waals surface area contributed by atoms with Gasteiger partial charge in [-0.2, -0.15) is 5.10 Å². The van der Waals surface area contributed by atoms with Crippen LogP contribution in [0.25, 0.3) is 0 Å². The summed E-state index contributed by atoms with van der Waals surface area (Å²) < 4.78 is 1.88. The molecule has 0 radical (unpaired) electrons. The monoisotopic (exact) mass is 270 g/mol. The van der Waals surface area contributed by atoms with Gasteiger partial charge in [-0.05, 0) is 24.6 Å². The van der Waals surface area contributed by atoms with Crippen molar-refractivity contribution >= 4 is 0 Å². The Morgan fingerprint density at radius 2 is 2.10 bits per heavy atom. The summed E-state index contributed by atoms with van der Waals surface area (Å²) in [7, 11) is 4.00. The standard InChI is InChI=1S/C16H22N4/c1-17-9-16-7-14-5-3-4-6-15(14)12-20(16)11-13-8-18-19(2)10-13/h3-6,8,10,16-17H,7,9,11-12H2,1-2H3. The first-order valence-electron chi connectivity index (χ1n) is 7.19. The molecule has 4 nitrogen and oxygen atoms in total. The normalized spacial score (nSPS) is 19.0. The number of likely N-dealkylation sites (N-methyl/N-ethyl adjacent to an activating group) is 1. The Labute approximate surface area is 120 Å². The molecule has 0 saturated carbocycles. The summed E-state index contributed by atoms with van der Waals surface area (Å²) in [5.74, 6) is 0. The number of fused-ring (bicyclic) bond motifs is 1. The summed E-state index contributed by atoms with van der Waals surface area (Å²) in [6.07, 6.45) is 5.20. The highest BCUT2D eigenvalue weighted by atomic mass is 15.2. The maximum absolute atomic E-state index is 4.27. The van der Waals surface area contributed by atoms with Crippen molar-refractivity contribution in [2.75, 3.05) is 13.6 Å². The minimum atomic E-state index is 0.551. The van der Waals surface area contributed by atoms with E-state index in [-0.39, 0.29) is 0 Å². The quantitative estimate of drug-likeness (QED) is 0.915. The Kier molecular flexibility index (Phi) is 3.85. The van der Waals surface area contributed by atoms with Crippen molar-refractivity contribution in [3.05, 3.63) is 53.3 Å². The Morgan fingerprint density at radius 3 is 2.80 bits per heavy atom. The number of nitrogens with zero attached hydrogens (tertiary/aromatic N) is 3. The Balaban J connectivity index is 1.80. The fourth-order valence-electron chi connectivity index (χ4n) is 3.05. The van der Waals surface area contributed by atoms with Crippen molar-refractivity contribution in [2.24, 2.45) is 7.05 Å². The lowest BCUT2D eigenvalue weighted by molar-refractivity contribution is 0.161. The molecule has 4 heteroatoms. The highest BCUT2D eigenvalue weighted by molar-refractivity contribution is 5.30. The van der Waals surface area contributed by atoms with Gasteiger partial charge in [0.05, 0.1) is 6.20 Å². The van der Waals surface area contributed by atoms with Crippen molar-refractivity contribution in [3.63, 3.8) is 0 Å². The van der Waals surface area contributed by atoms with E-state index in [1.165, 1.54) is 16.7 Å². The van der Waals surface area contributed by atoms with Crippen LogP contribution < -0.4 is 5.32 Å². The molecule has 106 valence electrons. The van der Waals surface area contributed by atoms with E-state index in [2.05, 4.69) is 45.8 Å². The summed E-state index contributed by atoms with van der Waals surface area (Å²) in [6, 6.07) is 9.35. The van der Waals surface area contributed by atoms with Crippen LogP contribution in [-0.4, -0.2) is 34.3 Å². The fourth-order valence-corrected chi connectivity index (χ4v) is 3.05. The number of benzene rings is 1. The minimum Gasteiger partial charge on any atom is -0.318 e. The van der Waals surface area contributed by atoms with E-state index in [1.807, 2.05) is 25.0 Å². The molecule has 20 heavy (non-hydrogen) atoms. The molecule has 1 aliphatic rings. The van der Waals surface area contributed by atoms with Gasteiger partial charge in [0.25, 0.3) is 0 Å². The lowest BCUT2D eigenvalue weighted by Gasteiger charge is -2.36. The van der Waals surface area contributed by atoms with Crippen LogP contribution in [0.15, 0.2) is 36.7 Å². The van der Waals surface area contributed by atoms with E-state index in [1.54, 1.807) is 0 Å². The van der Waals surface area contributed by atoms with Crippen molar-refractivity contribution in [3.8, 4) is 0 Å². The molecule has 1 unspecified atom stereocenters. The third kappa shape index (κ3) is 2.76. The molecule has 0 aliphatic carbocycles. The lowest BCUT2D eigenvalue weighted by atomic mass is 9.93. The Hall–Kier alpha value is -1.65. The van der Waals surface area contributed by atoms with Crippen LogP contribution in [0.4, 0.5) is 0 Å². The zero-order valence-electron chi connectivity index (χ0n) is 12.2. The van der Waals surface area contributed by atoms with Gasteiger partial charge < -0.3 is 5.32 Å². The van der Waals surface area contributed by atoms with Crippen molar-refractivity contribution in [1.29, 1.82) is 0 Å². The Morgan fingerprint density at radius 1 is 1.30 bits per heavy atom. The van der Waals surface area contributed by atoms with Gasteiger partial charge >= 0.3 is 0 Å². The van der Waals surface area contributed by atoms with E-state index in [9.17, 15) is 0 Å². The van der Waals surface area contributed by atoms with E-state index >= 15 is 0 Å². The van der Waals surface area contributed by atoms with E-state index < -0.39 is 0 Å². The van der Waals surface area contributed by atoms with Crippen LogP contribution >= 0.6 is 0 Å². The molecule has 1 aliphatic heterocycles. The third-order valence-electron chi connectivity index (χ3n) is 4.05. The summed E-state index contributed by atoms with van der Waals surface area (Å²) >= 11 is 0. The molecule has 0 amide bonds. The molecular weight excluding hydrogens is 248 g/mol. The highest BCUT2D eigenvalue weighted by Gasteiger charge is 2.25. The average Bonchev–Trinajstić information content (AvgIpc) is 2.85. The van der Waals surface area contributed by atoms with Crippen LogP contribution in [0, 0.1) is 0 Å². The summed E-state index contributed by atoms with van der Waals surface area (Å²) in [5, 5.41) is 7.60. The Bertz CT molecular complexity index is 575. The SMILES string of the molecule is CNCC1Cc2ccccc2CN1Cc1cnn(C)c1. The highest BCUT2D eigenvalue weighted by Crippen LogP contribution is 2.24. The second-order valence-corrected chi connectivity index (χ2v) is 5.61. The zero-order chi connectivity index (χ0) is 13.9. The number of aryl methyl sites for hydroxylation is 1. The molecular formula is C16H22N4. The first-order chi connectivity index (χ1) is 9.76. The summed E-state index contributed by atoms with van der Waals surface area (Å²) in [4.78, 5) is 2.55. The second kappa shape index (κ2) is 5.77. The van der Waals surface area contributed by atoms with E-state index in [0.29, 0.717) is 6.04 Å². The topological polar surface area (TPSA) is 33.1 Å². The molecule has 1 aromatic carbocycles. The van der Waals surface area contributed by atoms with Gasteiger partial charge in [-0.1, -0.05) is 24.3 Å². The zero-order valence-corrected chi connectivity index (χ0v) is 12.2. The average molecular weight is 270 g/mol. The van der Waals surface area contributed by atoms with Gasteiger partial charge in [0.1, 0.15) is 0 Å². The van der Waals surface area contributed by atoms with Crippen LogP contribution in [0.1, 0.15) is 16.7 Å². The second-order valence-electron chi connectivity index (χ2n) is 5.61. The summed E-state index contributed by atoms with van der Waals surface area (Å²) in [5.41, 5.74) is 4.24. The minimum absolute atomic E-state index is 0.551. The van der Waals surface area contributed by atoms with Crippen LogP contribution in [0.2, 0.25) is 0 Å². The largest absolute Gasteiger partial charge is 0.318 e. The summed E-state index contributed by atoms with van der Waals surface area (Å²) in [6.45, 7) is 3.01. The molecule has 0 bridgehead atoms. The van der Waals surface area contributed by atoms with Crippen molar-refractivity contribution < 1.29 is 0 Å². The van der Waals surface area contributed by atoms with E-state index in [4.69, 9.17) is 0 Å². The van der Waals surface area contributed by atoms with Crippen LogP contribution in [-0.2, 0) is 26.6 Å². The van der Waals surface area contributed by atoms with E-state index in [0.717, 1.165) is 26.1 Å². The molecule has 1 aromatic heterocycles. The molecule has 3 rings (SSSR count). The van der Waals surface area contributed by atoms with Crippen LogP contribution in [0.5, 0.6) is 0 Å². The van der Waals surface area contributed by atoms with Gasteiger partial charge in [0.2, 0.25) is 0 Å². The maximum Gasteiger partial charge on any atom is 0.0534 e. The predicted molar refractivity (Wildman–Crippen MR) is 80.3 cm³/mol. The van der Waals surface area contributed by atoms with Gasteiger partial charge in [0, 0.05) is 44.5 Å². The molecule has 2 aromatic rings. The van der Waals surface area contributed by atoms with Crippen molar-refractivity contribution in [2.45, 2.75) is 25.6 Å². The van der Waals surface area contributed by atoms with Crippen LogP contribution in [0.3, 0.4) is 0 Å². The molecule has 2 heterocycles. The number of hydrogen-bond donors (Lipinski definition) is 1. The smallest absolute Gasteiger partial charge is 0.0534 e. The molecule has 0 fully saturated rings. The molecule has 0 saturated heterocycles. The molecule has 0 spiro atoms. The number of rotatable bonds is 4. The first-order valence-corrected chi connectivity index (χ1v) is 7.19. The van der Waals surface area contributed by atoms with Crippen molar-refractivity contribution in [1.82, 2.24) is 20.0 Å². The fraction of sp³-hybridized carbons (Fsp3) is 0.438. The molecule has 1 atom stereocenters. The lowest BCUT2D eigenvalue weighted by Crippen LogP contribution is -2.45. The van der Waals surface area contributed by atoms with Gasteiger partial charge in [0.15, 0.2) is 0 Å². The number of aromatic nitrogens is 2. The predicted octanol–water partition coefficient (Wildman–Crippen LogP) is 1.57. The maximum atomic E-state index is 4.27. The number of hydrogen-bond acceptors (Lipinski definition) is 3. The third-order valence-corrected chi connectivity index (χ3v) is 4.05. The van der Waals surface area contributed by atoms with Gasteiger partial charge in [-0.3, -0.25) is 9.58 Å². The number of nitrogens with one attached hydrogen (secondary N) is 1.